The molecule has 0 bridgehead atoms. The molecule has 0 amide bonds. The minimum absolute atomic E-state index is 1.22. The summed E-state index contributed by atoms with van der Waals surface area (Å²) < 4.78 is 0. The summed E-state index contributed by atoms with van der Waals surface area (Å²) in [6.07, 6.45) is 4.93. The van der Waals surface area contributed by atoms with Gasteiger partial charge < -0.3 is 0 Å². The van der Waals surface area contributed by atoms with E-state index < -0.39 is 0 Å². The Balaban J connectivity index is 2.97. The lowest BCUT2D eigenvalue weighted by Gasteiger charge is -2.11. The third kappa shape index (κ3) is 2.60. The molecule has 0 saturated heterocycles. The van der Waals surface area contributed by atoms with E-state index in [4.69, 9.17) is 0 Å². The predicted octanol–water partition coefficient (Wildman–Crippen LogP) is 4.21. The van der Waals surface area contributed by atoms with E-state index in [0.717, 1.165) is 0 Å². The molecule has 0 nitrogen and oxygen atoms in total. The highest BCUT2D eigenvalue weighted by atomic mass is 14.1. The van der Waals surface area contributed by atoms with Gasteiger partial charge in [-0.05, 0) is 48.9 Å². The van der Waals surface area contributed by atoms with Crippen LogP contribution < -0.4 is 0 Å². The van der Waals surface area contributed by atoms with Crippen LogP contribution in [0.15, 0.2) is 12.1 Å². The minimum Gasteiger partial charge on any atom is -0.0651 e. The van der Waals surface area contributed by atoms with Gasteiger partial charge in [-0.3, -0.25) is 0 Å². The molecule has 0 aromatic heterocycles. The largest absolute Gasteiger partial charge is 0.0651 e. The first-order valence-electron chi connectivity index (χ1n) is 5.78. The van der Waals surface area contributed by atoms with Crippen molar-refractivity contribution in [2.75, 3.05) is 0 Å². The number of benzene rings is 1. The van der Waals surface area contributed by atoms with Gasteiger partial charge in [0.25, 0.3) is 0 Å². The monoisotopic (exact) mass is 190 g/mol. The zero-order valence-electron chi connectivity index (χ0n) is 9.98. The van der Waals surface area contributed by atoms with E-state index >= 15 is 0 Å². The molecule has 0 N–H and O–H groups in total. The summed E-state index contributed by atoms with van der Waals surface area (Å²) in [6, 6.07) is 4.76. The van der Waals surface area contributed by atoms with Gasteiger partial charge in [0, 0.05) is 0 Å². The Labute approximate surface area is 88.4 Å². The molecule has 0 unspecified atom stereocenters. The van der Waals surface area contributed by atoms with Crippen LogP contribution in [0, 0.1) is 13.8 Å². The van der Waals surface area contributed by atoms with E-state index in [1.807, 2.05) is 0 Å². The van der Waals surface area contributed by atoms with Crippen molar-refractivity contribution in [1.29, 1.82) is 0 Å². The standard InChI is InChI=1S/C14H22/c1-5-7-13-9-12(4)14(8-6-2)10-11(13)3/h9-10H,5-8H2,1-4H3. The van der Waals surface area contributed by atoms with Crippen molar-refractivity contribution in [3.8, 4) is 0 Å². The molecule has 0 spiro atoms. The smallest absolute Gasteiger partial charge is 0.0279 e. The Morgan fingerprint density at radius 1 is 0.786 bits per heavy atom. The quantitative estimate of drug-likeness (QED) is 0.667. The summed E-state index contributed by atoms with van der Waals surface area (Å²) in [5, 5.41) is 0. The van der Waals surface area contributed by atoms with Crippen LogP contribution in [0.25, 0.3) is 0 Å². The highest BCUT2D eigenvalue weighted by molar-refractivity contribution is 5.37. The molecule has 0 fully saturated rings. The fourth-order valence-electron chi connectivity index (χ4n) is 2.01. The number of hydrogen-bond donors (Lipinski definition) is 0. The highest BCUT2D eigenvalue weighted by Gasteiger charge is 2.02. The lowest BCUT2D eigenvalue weighted by Crippen LogP contribution is -1.95. The highest BCUT2D eigenvalue weighted by Crippen LogP contribution is 2.18. The molecule has 0 aliphatic rings. The molecular weight excluding hydrogens is 168 g/mol. The number of hydrogen-bond acceptors (Lipinski definition) is 0. The molecule has 78 valence electrons. The zero-order valence-corrected chi connectivity index (χ0v) is 9.98. The van der Waals surface area contributed by atoms with Crippen LogP contribution in [-0.2, 0) is 12.8 Å². The molecule has 0 heteroatoms. The summed E-state index contributed by atoms with van der Waals surface area (Å²) in [7, 11) is 0. The Kier molecular flexibility index (Phi) is 4.19. The van der Waals surface area contributed by atoms with Crippen molar-refractivity contribution in [3.05, 3.63) is 34.4 Å². The summed E-state index contributed by atoms with van der Waals surface area (Å²) in [4.78, 5) is 0. The van der Waals surface area contributed by atoms with Gasteiger partial charge >= 0.3 is 0 Å². The Bertz CT molecular complexity index is 265. The van der Waals surface area contributed by atoms with Gasteiger partial charge in [-0.2, -0.15) is 0 Å². The topological polar surface area (TPSA) is 0 Å². The SMILES string of the molecule is CCCc1cc(C)c(CCC)cc1C. The van der Waals surface area contributed by atoms with Gasteiger partial charge in [0.1, 0.15) is 0 Å². The van der Waals surface area contributed by atoms with E-state index in [0.29, 0.717) is 0 Å². The summed E-state index contributed by atoms with van der Waals surface area (Å²) in [6.45, 7) is 8.97. The number of aryl methyl sites for hydroxylation is 4. The van der Waals surface area contributed by atoms with Crippen LogP contribution in [0.3, 0.4) is 0 Å². The lowest BCUT2D eigenvalue weighted by atomic mass is 9.95. The van der Waals surface area contributed by atoms with Gasteiger partial charge in [0.05, 0.1) is 0 Å². The molecule has 0 saturated carbocycles. The molecule has 0 aliphatic carbocycles. The van der Waals surface area contributed by atoms with Crippen molar-refractivity contribution in [2.45, 2.75) is 53.4 Å². The van der Waals surface area contributed by atoms with E-state index in [1.165, 1.54) is 47.9 Å². The van der Waals surface area contributed by atoms with Gasteiger partial charge in [-0.25, -0.2) is 0 Å². The van der Waals surface area contributed by atoms with Crippen LogP contribution >= 0.6 is 0 Å². The van der Waals surface area contributed by atoms with E-state index in [2.05, 4.69) is 39.8 Å². The van der Waals surface area contributed by atoms with E-state index in [1.54, 1.807) is 0 Å². The van der Waals surface area contributed by atoms with Crippen molar-refractivity contribution >= 4 is 0 Å². The summed E-state index contributed by atoms with van der Waals surface area (Å²) in [5.74, 6) is 0. The van der Waals surface area contributed by atoms with Crippen molar-refractivity contribution in [2.24, 2.45) is 0 Å². The second kappa shape index (κ2) is 5.19. The van der Waals surface area contributed by atoms with Crippen molar-refractivity contribution in [3.63, 3.8) is 0 Å². The maximum atomic E-state index is 2.38. The lowest BCUT2D eigenvalue weighted by molar-refractivity contribution is 0.887. The zero-order chi connectivity index (χ0) is 10.6. The maximum absolute atomic E-state index is 2.38. The van der Waals surface area contributed by atoms with Crippen LogP contribution in [0.1, 0.15) is 48.9 Å². The van der Waals surface area contributed by atoms with Crippen LogP contribution in [0.2, 0.25) is 0 Å². The van der Waals surface area contributed by atoms with Crippen LogP contribution in [0.5, 0.6) is 0 Å². The second-order valence-electron chi connectivity index (χ2n) is 4.21. The first kappa shape index (κ1) is 11.3. The van der Waals surface area contributed by atoms with Crippen molar-refractivity contribution < 1.29 is 0 Å². The first-order chi connectivity index (χ1) is 6.69. The molecule has 0 radical (unpaired) electrons. The molecule has 0 heterocycles. The predicted molar refractivity (Wildman–Crippen MR) is 63.9 cm³/mol. The van der Waals surface area contributed by atoms with Gasteiger partial charge in [0.15, 0.2) is 0 Å². The van der Waals surface area contributed by atoms with Crippen LogP contribution in [-0.4, -0.2) is 0 Å². The van der Waals surface area contributed by atoms with Gasteiger partial charge in [-0.15, -0.1) is 0 Å². The van der Waals surface area contributed by atoms with Crippen molar-refractivity contribution in [1.82, 2.24) is 0 Å². The number of rotatable bonds is 4. The third-order valence-electron chi connectivity index (χ3n) is 2.83. The van der Waals surface area contributed by atoms with Gasteiger partial charge in [-0.1, -0.05) is 38.8 Å². The summed E-state index contributed by atoms with van der Waals surface area (Å²) in [5.41, 5.74) is 6.01. The molecule has 1 aromatic carbocycles. The molecule has 0 aliphatic heterocycles. The average molecular weight is 190 g/mol. The Hall–Kier alpha value is -0.780. The first-order valence-corrected chi connectivity index (χ1v) is 5.78. The normalized spacial score (nSPS) is 10.6. The van der Waals surface area contributed by atoms with Gasteiger partial charge in [0.2, 0.25) is 0 Å². The molecule has 1 rings (SSSR count). The van der Waals surface area contributed by atoms with Crippen LogP contribution in [0.4, 0.5) is 0 Å². The molecular formula is C14H22. The second-order valence-corrected chi connectivity index (χ2v) is 4.21. The molecule has 1 aromatic rings. The fraction of sp³-hybridized carbons (Fsp3) is 0.571. The van der Waals surface area contributed by atoms with E-state index in [9.17, 15) is 0 Å². The Morgan fingerprint density at radius 2 is 1.14 bits per heavy atom. The Morgan fingerprint density at radius 3 is 1.43 bits per heavy atom. The maximum Gasteiger partial charge on any atom is -0.0279 e. The van der Waals surface area contributed by atoms with E-state index in [-0.39, 0.29) is 0 Å². The molecule has 0 atom stereocenters. The third-order valence-corrected chi connectivity index (χ3v) is 2.83. The minimum atomic E-state index is 1.22. The fourth-order valence-corrected chi connectivity index (χ4v) is 2.01. The molecule has 14 heavy (non-hydrogen) atoms. The summed E-state index contributed by atoms with van der Waals surface area (Å²) >= 11 is 0. The average Bonchev–Trinajstić information content (AvgIpc) is 2.14.